The van der Waals surface area contributed by atoms with Crippen molar-refractivity contribution in [2.24, 2.45) is 0 Å². The van der Waals surface area contributed by atoms with Gasteiger partial charge in [0, 0.05) is 0 Å². The molecule has 2 rings (SSSR count). The molecule has 0 unspecified atom stereocenters. The molecule has 2 aliphatic rings. The predicted octanol–water partition coefficient (Wildman–Crippen LogP) is 4.53. The van der Waals surface area contributed by atoms with E-state index in [4.69, 9.17) is 0 Å². The van der Waals surface area contributed by atoms with Crippen LogP contribution >= 0.6 is 0 Å². The zero-order chi connectivity index (χ0) is 11.0. The second-order valence-corrected chi connectivity index (χ2v) is 4.62. The van der Waals surface area contributed by atoms with E-state index in [1.54, 1.807) is 0 Å². The summed E-state index contributed by atoms with van der Waals surface area (Å²) in [6.45, 7) is 8.91. The maximum atomic E-state index is 2.27. The Morgan fingerprint density at radius 1 is 0.867 bits per heavy atom. The molecule has 0 heteroatoms. The highest BCUT2D eigenvalue weighted by atomic mass is 14.2. The van der Waals surface area contributed by atoms with E-state index in [1.165, 1.54) is 27.8 Å². The van der Waals surface area contributed by atoms with Crippen LogP contribution in [0.2, 0.25) is 0 Å². The molecule has 0 nitrogen and oxygen atoms in total. The zero-order valence-electron chi connectivity index (χ0n) is 9.96. The van der Waals surface area contributed by atoms with Crippen molar-refractivity contribution in [3.8, 4) is 11.1 Å². The van der Waals surface area contributed by atoms with E-state index >= 15 is 0 Å². The molecule has 0 N–H and O–H groups in total. The predicted molar refractivity (Wildman–Crippen MR) is 66.6 cm³/mol. The summed E-state index contributed by atoms with van der Waals surface area (Å²) in [5.74, 6) is 0.600. The molecule has 0 amide bonds. The lowest BCUT2D eigenvalue weighted by Crippen LogP contribution is -1.88. The van der Waals surface area contributed by atoms with Crippen LogP contribution in [0.25, 0.3) is 11.1 Å². The van der Waals surface area contributed by atoms with Crippen molar-refractivity contribution in [1.29, 1.82) is 0 Å². The second kappa shape index (κ2) is 3.69. The Morgan fingerprint density at radius 3 is 2.20 bits per heavy atom. The number of hydrogen-bond donors (Lipinski definition) is 0. The van der Waals surface area contributed by atoms with Crippen molar-refractivity contribution in [2.75, 3.05) is 0 Å². The maximum Gasteiger partial charge on any atom is -0.0117 e. The number of hydrogen-bond acceptors (Lipinski definition) is 0. The van der Waals surface area contributed by atoms with Crippen molar-refractivity contribution in [3.05, 3.63) is 47.0 Å². The van der Waals surface area contributed by atoms with Crippen molar-refractivity contribution in [2.45, 2.75) is 33.6 Å². The largest absolute Gasteiger partial charge is 0.0617 e. The first kappa shape index (κ1) is 10.2. The molecule has 0 aromatic heterocycles. The van der Waals surface area contributed by atoms with E-state index in [-0.39, 0.29) is 0 Å². The molecule has 0 saturated carbocycles. The van der Waals surface area contributed by atoms with Crippen molar-refractivity contribution < 1.29 is 0 Å². The average molecular weight is 198 g/mol. The smallest absolute Gasteiger partial charge is 0.0117 e. The Balaban J connectivity index is 2.77. The molecular weight excluding hydrogens is 180 g/mol. The fraction of sp³-hybridized carbons (Fsp3) is 0.333. The van der Waals surface area contributed by atoms with E-state index in [0.717, 1.165) is 0 Å². The first-order valence-corrected chi connectivity index (χ1v) is 5.60. The molecule has 0 bridgehead atoms. The molecule has 0 heterocycles. The number of aryl methyl sites for hydroxylation is 2. The lowest BCUT2D eigenvalue weighted by molar-refractivity contribution is 0.872. The van der Waals surface area contributed by atoms with E-state index in [1.807, 2.05) is 0 Å². The van der Waals surface area contributed by atoms with Gasteiger partial charge in [-0.15, -0.1) is 0 Å². The van der Waals surface area contributed by atoms with Crippen LogP contribution in [0.15, 0.2) is 30.3 Å². The third-order valence-corrected chi connectivity index (χ3v) is 3.12. The van der Waals surface area contributed by atoms with Crippen molar-refractivity contribution in [1.82, 2.24) is 0 Å². The van der Waals surface area contributed by atoms with Gasteiger partial charge in [-0.05, 0) is 47.6 Å². The summed E-state index contributed by atoms with van der Waals surface area (Å²) >= 11 is 0. The van der Waals surface area contributed by atoms with E-state index in [9.17, 15) is 0 Å². The Hall–Kier alpha value is -1.30. The summed E-state index contributed by atoms with van der Waals surface area (Å²) in [6, 6.07) is 11.1. The molecule has 0 aromatic carbocycles. The molecule has 0 aliphatic heterocycles. The lowest BCUT2D eigenvalue weighted by Gasteiger charge is -2.09. The van der Waals surface area contributed by atoms with Crippen LogP contribution in [0.1, 0.15) is 36.5 Å². The van der Waals surface area contributed by atoms with E-state index in [0.29, 0.717) is 5.92 Å². The number of fused-ring (bicyclic) bond motifs is 1. The third-order valence-electron chi connectivity index (χ3n) is 3.12. The zero-order valence-corrected chi connectivity index (χ0v) is 9.96. The van der Waals surface area contributed by atoms with Crippen molar-refractivity contribution in [3.63, 3.8) is 0 Å². The molecule has 0 atom stereocenters. The minimum atomic E-state index is 0.600. The first-order chi connectivity index (χ1) is 7.11. The third kappa shape index (κ3) is 1.65. The van der Waals surface area contributed by atoms with Gasteiger partial charge < -0.3 is 0 Å². The topological polar surface area (TPSA) is 0 Å². The number of rotatable bonds is 1. The Kier molecular flexibility index (Phi) is 2.52. The highest BCUT2D eigenvalue weighted by Crippen LogP contribution is 2.36. The maximum absolute atomic E-state index is 2.27. The highest BCUT2D eigenvalue weighted by Gasteiger charge is 2.14. The van der Waals surface area contributed by atoms with E-state index in [2.05, 4.69) is 58.0 Å². The van der Waals surface area contributed by atoms with Gasteiger partial charge in [0.05, 0.1) is 0 Å². The fourth-order valence-corrected chi connectivity index (χ4v) is 2.26. The van der Waals surface area contributed by atoms with Crippen LogP contribution < -0.4 is 0 Å². The van der Waals surface area contributed by atoms with Crippen LogP contribution in [0, 0.1) is 13.8 Å². The van der Waals surface area contributed by atoms with Gasteiger partial charge in [-0.1, -0.05) is 44.2 Å². The molecule has 15 heavy (non-hydrogen) atoms. The van der Waals surface area contributed by atoms with Crippen LogP contribution in [-0.4, -0.2) is 0 Å². The quantitative estimate of drug-likeness (QED) is 0.631. The van der Waals surface area contributed by atoms with Crippen LogP contribution in [0.5, 0.6) is 0 Å². The van der Waals surface area contributed by atoms with Gasteiger partial charge in [-0.3, -0.25) is 0 Å². The van der Waals surface area contributed by atoms with Gasteiger partial charge in [-0.25, -0.2) is 0 Å². The molecule has 0 saturated heterocycles. The molecule has 0 spiro atoms. The van der Waals surface area contributed by atoms with Gasteiger partial charge in [0.15, 0.2) is 0 Å². The molecular formula is C15H18. The summed E-state index contributed by atoms with van der Waals surface area (Å²) in [6.07, 6.45) is 0. The van der Waals surface area contributed by atoms with Crippen LogP contribution in [-0.2, 0) is 0 Å². The monoisotopic (exact) mass is 198 g/mol. The minimum absolute atomic E-state index is 0.600. The van der Waals surface area contributed by atoms with Gasteiger partial charge in [-0.2, -0.15) is 0 Å². The summed E-state index contributed by atoms with van der Waals surface area (Å²) in [4.78, 5) is 0. The Labute approximate surface area is 92.3 Å². The highest BCUT2D eigenvalue weighted by molar-refractivity contribution is 5.76. The summed E-state index contributed by atoms with van der Waals surface area (Å²) < 4.78 is 0. The van der Waals surface area contributed by atoms with Gasteiger partial charge in [0.25, 0.3) is 0 Å². The standard InChI is InChI=1S/C15H18/c1-10(2)13-8-9-14-11(3)6-5-7-12(4)15(13)14/h5-10H,1-4H3. The SMILES string of the molecule is Cc1cccc(C)c2c(C(C)C)ccc1-2. The first-order valence-electron chi connectivity index (χ1n) is 5.60. The Morgan fingerprint density at radius 2 is 1.53 bits per heavy atom. The normalized spacial score (nSPS) is 11.3. The Bertz CT molecular complexity index is 452. The van der Waals surface area contributed by atoms with Crippen molar-refractivity contribution >= 4 is 0 Å². The molecule has 0 aromatic rings. The van der Waals surface area contributed by atoms with Crippen LogP contribution in [0.4, 0.5) is 0 Å². The summed E-state index contributed by atoms with van der Waals surface area (Å²) in [7, 11) is 0. The molecule has 0 fully saturated rings. The minimum Gasteiger partial charge on any atom is -0.0617 e. The van der Waals surface area contributed by atoms with Crippen LogP contribution in [0.3, 0.4) is 0 Å². The van der Waals surface area contributed by atoms with E-state index < -0.39 is 0 Å². The van der Waals surface area contributed by atoms with Gasteiger partial charge in [0.1, 0.15) is 0 Å². The molecule has 0 radical (unpaired) electrons. The summed E-state index contributed by atoms with van der Waals surface area (Å²) in [5, 5.41) is 0. The second-order valence-electron chi connectivity index (χ2n) is 4.62. The lowest BCUT2D eigenvalue weighted by atomic mass is 9.96. The fourth-order valence-electron chi connectivity index (χ4n) is 2.26. The average Bonchev–Trinajstić information content (AvgIpc) is 2.56. The van der Waals surface area contributed by atoms with Gasteiger partial charge >= 0.3 is 0 Å². The molecule has 2 aliphatic carbocycles. The molecule has 78 valence electrons. The van der Waals surface area contributed by atoms with Gasteiger partial charge in [0.2, 0.25) is 0 Å². The summed E-state index contributed by atoms with van der Waals surface area (Å²) in [5.41, 5.74) is 7.08.